The molecule has 1 atom stereocenters. The van der Waals surface area contributed by atoms with Crippen molar-refractivity contribution in [2.75, 3.05) is 27.2 Å². The summed E-state index contributed by atoms with van der Waals surface area (Å²) in [4.78, 5) is 8.23. The van der Waals surface area contributed by atoms with Crippen molar-refractivity contribution in [3.05, 3.63) is 21.9 Å². The lowest BCUT2D eigenvalue weighted by Crippen LogP contribution is -2.46. The summed E-state index contributed by atoms with van der Waals surface area (Å²) in [6, 6.07) is 2.78. The van der Waals surface area contributed by atoms with Crippen molar-refractivity contribution < 1.29 is 0 Å². The minimum atomic E-state index is 0.517. The number of hydrogen-bond donors (Lipinski definition) is 2. The number of nitrogens with one attached hydrogen (secondary N) is 2. The van der Waals surface area contributed by atoms with E-state index in [1.165, 1.54) is 12.0 Å². The second kappa shape index (κ2) is 6.20. The summed E-state index contributed by atoms with van der Waals surface area (Å²) >= 11 is 1.89. The lowest BCUT2D eigenvalue weighted by Gasteiger charge is -2.32. The highest BCUT2D eigenvalue weighted by Crippen LogP contribution is 2.24. The van der Waals surface area contributed by atoms with E-state index >= 15 is 0 Å². The Morgan fingerprint density at radius 3 is 3.17 bits per heavy atom. The second-order valence-electron chi connectivity index (χ2n) is 4.64. The monoisotopic (exact) mass is 266 g/mol. The van der Waals surface area contributed by atoms with Crippen LogP contribution in [0.1, 0.15) is 17.4 Å². The average molecular weight is 266 g/mol. The van der Waals surface area contributed by atoms with E-state index in [-0.39, 0.29) is 0 Å². The van der Waals surface area contributed by atoms with Crippen LogP contribution in [-0.2, 0) is 13.0 Å². The molecule has 1 aliphatic heterocycles. The smallest absolute Gasteiger partial charge is 0.190 e. The second-order valence-corrected chi connectivity index (χ2v) is 5.64. The molecule has 2 N–H and O–H groups in total. The number of thiophene rings is 1. The van der Waals surface area contributed by atoms with Gasteiger partial charge in [-0.15, -0.1) is 11.3 Å². The number of rotatable bonds is 3. The maximum absolute atomic E-state index is 4.13. The average Bonchev–Trinajstić information content (AvgIpc) is 2.86. The summed E-state index contributed by atoms with van der Waals surface area (Å²) < 4.78 is 0. The number of aliphatic imine (C=N–C) groups is 1. The van der Waals surface area contributed by atoms with Crippen LogP contribution in [0.2, 0.25) is 0 Å². The molecule has 0 spiro atoms. The van der Waals surface area contributed by atoms with Crippen LogP contribution >= 0.6 is 11.3 Å². The molecule has 1 aliphatic rings. The van der Waals surface area contributed by atoms with Crippen molar-refractivity contribution in [3.8, 4) is 0 Å². The molecule has 0 radical (unpaired) electrons. The third-order valence-electron chi connectivity index (χ3n) is 3.49. The summed E-state index contributed by atoms with van der Waals surface area (Å²) in [5.74, 6) is 0.857. The molecule has 0 amide bonds. The van der Waals surface area contributed by atoms with Crippen LogP contribution in [0.25, 0.3) is 0 Å². The largest absolute Gasteiger partial charge is 0.359 e. The van der Waals surface area contributed by atoms with Gasteiger partial charge in [-0.3, -0.25) is 9.89 Å². The Bertz CT molecular complexity index is 413. The number of nitrogens with zero attached hydrogens (tertiary/aromatic N) is 2. The van der Waals surface area contributed by atoms with Crippen LogP contribution in [0.5, 0.6) is 0 Å². The van der Waals surface area contributed by atoms with Gasteiger partial charge in [0, 0.05) is 44.6 Å². The predicted molar refractivity (Wildman–Crippen MR) is 78.3 cm³/mol. The topological polar surface area (TPSA) is 39.7 Å². The molecule has 2 heterocycles. The molecule has 4 nitrogen and oxygen atoms in total. The molecular formula is C13H22N4S. The number of fused-ring (bicyclic) bond motifs is 1. The molecule has 1 aromatic heterocycles. The summed E-state index contributed by atoms with van der Waals surface area (Å²) in [7, 11) is 3.68. The first-order chi connectivity index (χ1) is 8.74. The van der Waals surface area contributed by atoms with Crippen LogP contribution < -0.4 is 10.6 Å². The molecule has 5 heteroatoms. The van der Waals surface area contributed by atoms with Crippen molar-refractivity contribution in [1.29, 1.82) is 0 Å². The summed E-state index contributed by atoms with van der Waals surface area (Å²) in [6.07, 6.45) is 1.19. The van der Waals surface area contributed by atoms with Crippen molar-refractivity contribution in [3.63, 3.8) is 0 Å². The fourth-order valence-electron chi connectivity index (χ4n) is 2.30. The van der Waals surface area contributed by atoms with E-state index in [9.17, 15) is 0 Å². The van der Waals surface area contributed by atoms with Gasteiger partial charge in [-0.1, -0.05) is 0 Å². The minimum Gasteiger partial charge on any atom is -0.359 e. The highest BCUT2D eigenvalue weighted by molar-refractivity contribution is 7.10. The highest BCUT2D eigenvalue weighted by Gasteiger charge is 2.21. The van der Waals surface area contributed by atoms with E-state index in [2.05, 4.69) is 38.9 Å². The summed E-state index contributed by atoms with van der Waals surface area (Å²) in [6.45, 7) is 5.44. The Hall–Kier alpha value is -1.07. The molecule has 0 bridgehead atoms. The van der Waals surface area contributed by atoms with Crippen molar-refractivity contribution >= 4 is 17.3 Å². The Kier molecular flexibility index (Phi) is 4.60. The van der Waals surface area contributed by atoms with Crippen LogP contribution in [0, 0.1) is 0 Å². The van der Waals surface area contributed by atoms with E-state index in [1.54, 1.807) is 11.9 Å². The molecule has 0 saturated carbocycles. The van der Waals surface area contributed by atoms with Crippen molar-refractivity contribution in [1.82, 2.24) is 15.5 Å². The standard InChI is InChI=1S/C13H22N4S/c1-10(8-16-13(14-2)15-3)17-6-4-12-11(9-17)5-7-18-12/h5,7,10H,4,6,8-9H2,1-3H3,(H2,14,15,16). The quantitative estimate of drug-likeness (QED) is 0.640. The van der Waals surface area contributed by atoms with E-state index < -0.39 is 0 Å². The summed E-state index contributed by atoms with van der Waals surface area (Å²) in [5.41, 5.74) is 1.51. The van der Waals surface area contributed by atoms with E-state index in [0.717, 1.165) is 25.6 Å². The maximum atomic E-state index is 4.13. The Morgan fingerprint density at radius 1 is 1.61 bits per heavy atom. The van der Waals surface area contributed by atoms with Crippen LogP contribution in [0.4, 0.5) is 0 Å². The molecule has 100 valence electrons. The van der Waals surface area contributed by atoms with Gasteiger partial charge >= 0.3 is 0 Å². The van der Waals surface area contributed by atoms with E-state index in [1.807, 2.05) is 18.4 Å². The van der Waals surface area contributed by atoms with Gasteiger partial charge in [-0.25, -0.2) is 0 Å². The van der Waals surface area contributed by atoms with Gasteiger partial charge in [0.25, 0.3) is 0 Å². The number of guanidine groups is 1. The van der Waals surface area contributed by atoms with Gasteiger partial charge in [0.05, 0.1) is 0 Å². The number of hydrogen-bond acceptors (Lipinski definition) is 3. The zero-order chi connectivity index (χ0) is 13.0. The first kappa shape index (κ1) is 13.4. The molecule has 0 saturated heterocycles. The Labute approximate surface area is 113 Å². The third kappa shape index (κ3) is 3.03. The summed E-state index contributed by atoms with van der Waals surface area (Å²) in [5, 5.41) is 8.59. The fraction of sp³-hybridized carbons (Fsp3) is 0.615. The minimum absolute atomic E-state index is 0.517. The lowest BCUT2D eigenvalue weighted by molar-refractivity contribution is 0.192. The fourth-order valence-corrected chi connectivity index (χ4v) is 3.19. The van der Waals surface area contributed by atoms with Crippen molar-refractivity contribution in [2.24, 2.45) is 4.99 Å². The molecule has 0 fully saturated rings. The van der Waals surface area contributed by atoms with Gasteiger partial charge in [0.2, 0.25) is 0 Å². The maximum Gasteiger partial charge on any atom is 0.190 e. The molecular weight excluding hydrogens is 244 g/mol. The third-order valence-corrected chi connectivity index (χ3v) is 4.51. The highest BCUT2D eigenvalue weighted by atomic mass is 32.1. The van der Waals surface area contributed by atoms with Crippen LogP contribution in [0.3, 0.4) is 0 Å². The predicted octanol–water partition coefficient (Wildman–Crippen LogP) is 1.29. The van der Waals surface area contributed by atoms with Gasteiger partial charge in [-0.2, -0.15) is 0 Å². The SMILES string of the molecule is CN=C(NC)NCC(C)N1CCc2sccc2C1. The van der Waals surface area contributed by atoms with Gasteiger partial charge in [-0.05, 0) is 30.4 Å². The van der Waals surface area contributed by atoms with Gasteiger partial charge in [0.1, 0.15) is 0 Å². The normalized spacial score (nSPS) is 18.3. The van der Waals surface area contributed by atoms with E-state index in [4.69, 9.17) is 0 Å². The Balaban J connectivity index is 1.86. The zero-order valence-electron chi connectivity index (χ0n) is 11.4. The molecule has 0 aliphatic carbocycles. The van der Waals surface area contributed by atoms with Crippen LogP contribution in [0.15, 0.2) is 16.4 Å². The Morgan fingerprint density at radius 2 is 2.44 bits per heavy atom. The van der Waals surface area contributed by atoms with Gasteiger partial charge in [0.15, 0.2) is 5.96 Å². The first-order valence-corrected chi connectivity index (χ1v) is 7.30. The van der Waals surface area contributed by atoms with Crippen molar-refractivity contribution in [2.45, 2.75) is 25.9 Å². The van der Waals surface area contributed by atoms with Crippen LogP contribution in [-0.4, -0.2) is 44.1 Å². The lowest BCUT2D eigenvalue weighted by atomic mass is 10.1. The first-order valence-electron chi connectivity index (χ1n) is 6.42. The zero-order valence-corrected chi connectivity index (χ0v) is 12.2. The molecule has 2 rings (SSSR count). The molecule has 0 aromatic carbocycles. The van der Waals surface area contributed by atoms with E-state index in [0.29, 0.717) is 6.04 Å². The molecule has 18 heavy (non-hydrogen) atoms. The molecule has 1 unspecified atom stereocenters. The van der Waals surface area contributed by atoms with Gasteiger partial charge < -0.3 is 10.6 Å². The molecule has 1 aromatic rings.